The molecule has 2 aromatic rings. The van der Waals surface area contributed by atoms with Crippen LogP contribution in [0.3, 0.4) is 0 Å². The third-order valence-electron chi connectivity index (χ3n) is 2.99. The molecule has 0 atom stereocenters. The molecule has 0 aliphatic carbocycles. The van der Waals surface area contributed by atoms with Crippen LogP contribution in [0.2, 0.25) is 0 Å². The molecule has 0 aliphatic heterocycles. The van der Waals surface area contributed by atoms with Crippen molar-refractivity contribution in [2.45, 2.75) is 0 Å². The average Bonchev–Trinajstić information content (AvgIpc) is 2.55. The van der Waals surface area contributed by atoms with Gasteiger partial charge in [-0.3, -0.25) is 10.1 Å². The second-order valence-electron chi connectivity index (χ2n) is 4.49. The summed E-state index contributed by atoms with van der Waals surface area (Å²) in [7, 11) is 1.78. The Hall–Kier alpha value is -3.14. The Morgan fingerprint density at radius 2 is 2.05 bits per heavy atom. The number of anilines is 1. The molecule has 0 saturated carbocycles. The summed E-state index contributed by atoms with van der Waals surface area (Å²) in [4.78, 5) is 15.9. The molecule has 0 fully saturated rings. The zero-order chi connectivity index (χ0) is 15.9. The van der Waals surface area contributed by atoms with Crippen molar-refractivity contribution in [2.75, 3.05) is 25.1 Å². The zero-order valence-electron chi connectivity index (χ0n) is 12.0. The molecule has 2 rings (SSSR count). The van der Waals surface area contributed by atoms with Crippen molar-refractivity contribution in [3.05, 3.63) is 58.3 Å². The SMILES string of the molecule is CN(CCOc1ccccc1)c1ccc([N+](=O)[O-])c(C#N)n1. The highest BCUT2D eigenvalue weighted by molar-refractivity contribution is 5.51. The number of aromatic nitrogens is 1. The molecule has 1 heterocycles. The smallest absolute Gasteiger partial charge is 0.305 e. The fourth-order valence-corrected chi connectivity index (χ4v) is 1.82. The van der Waals surface area contributed by atoms with Crippen LogP contribution in [0.5, 0.6) is 5.75 Å². The molecule has 1 aromatic carbocycles. The number of nitrogens with zero attached hydrogens (tertiary/aromatic N) is 4. The number of pyridine rings is 1. The molecule has 112 valence electrons. The molecule has 0 N–H and O–H groups in total. The van der Waals surface area contributed by atoms with Crippen LogP contribution < -0.4 is 9.64 Å². The fourth-order valence-electron chi connectivity index (χ4n) is 1.82. The normalized spacial score (nSPS) is 9.82. The molecule has 22 heavy (non-hydrogen) atoms. The summed E-state index contributed by atoms with van der Waals surface area (Å²) in [5, 5.41) is 19.7. The molecular formula is C15H14N4O3. The van der Waals surface area contributed by atoms with E-state index >= 15 is 0 Å². The first-order chi connectivity index (χ1) is 10.6. The number of ether oxygens (including phenoxy) is 1. The van der Waals surface area contributed by atoms with E-state index in [1.807, 2.05) is 30.3 Å². The second kappa shape index (κ2) is 7.04. The average molecular weight is 298 g/mol. The Labute approximate surface area is 127 Å². The van der Waals surface area contributed by atoms with E-state index in [2.05, 4.69) is 4.98 Å². The predicted molar refractivity (Wildman–Crippen MR) is 80.8 cm³/mol. The number of nitriles is 1. The first-order valence-electron chi connectivity index (χ1n) is 6.56. The van der Waals surface area contributed by atoms with Crippen LogP contribution in [0, 0.1) is 21.4 Å². The Balaban J connectivity index is 1.99. The van der Waals surface area contributed by atoms with Crippen molar-refractivity contribution >= 4 is 11.5 Å². The number of nitro groups is 1. The maximum absolute atomic E-state index is 10.8. The van der Waals surface area contributed by atoms with E-state index in [4.69, 9.17) is 10.00 Å². The molecule has 0 radical (unpaired) electrons. The lowest BCUT2D eigenvalue weighted by Gasteiger charge is -2.18. The number of rotatable bonds is 6. The van der Waals surface area contributed by atoms with Gasteiger partial charge < -0.3 is 9.64 Å². The molecule has 1 aromatic heterocycles. The molecule has 7 heteroatoms. The maximum Gasteiger partial charge on any atom is 0.305 e. The van der Waals surface area contributed by atoms with Gasteiger partial charge in [0.2, 0.25) is 5.69 Å². The molecule has 0 bridgehead atoms. The Morgan fingerprint density at radius 3 is 2.68 bits per heavy atom. The standard InChI is InChI=1S/C15H14N4O3/c1-18(9-10-22-12-5-3-2-4-6-12)15-8-7-14(19(20)21)13(11-16)17-15/h2-8H,9-10H2,1H3. The van der Waals surface area contributed by atoms with Gasteiger partial charge in [-0.25, -0.2) is 4.98 Å². The monoisotopic (exact) mass is 298 g/mol. The van der Waals surface area contributed by atoms with E-state index in [1.54, 1.807) is 18.0 Å². The van der Waals surface area contributed by atoms with Gasteiger partial charge in [0.15, 0.2) is 0 Å². The third kappa shape index (κ3) is 3.70. The second-order valence-corrected chi connectivity index (χ2v) is 4.49. The molecule has 0 spiro atoms. The van der Waals surface area contributed by atoms with Crippen molar-refractivity contribution in [1.29, 1.82) is 5.26 Å². The van der Waals surface area contributed by atoms with E-state index in [-0.39, 0.29) is 11.4 Å². The number of likely N-dealkylation sites (N-methyl/N-ethyl adjacent to an activating group) is 1. The van der Waals surface area contributed by atoms with E-state index in [0.29, 0.717) is 19.0 Å². The quantitative estimate of drug-likeness (QED) is 0.600. The Morgan fingerprint density at radius 1 is 1.32 bits per heavy atom. The molecule has 0 saturated heterocycles. The van der Waals surface area contributed by atoms with Gasteiger partial charge in [-0.15, -0.1) is 0 Å². The summed E-state index contributed by atoms with van der Waals surface area (Å²) in [5.41, 5.74) is -0.487. The van der Waals surface area contributed by atoms with E-state index in [9.17, 15) is 10.1 Å². The third-order valence-corrected chi connectivity index (χ3v) is 2.99. The highest BCUT2D eigenvalue weighted by Crippen LogP contribution is 2.19. The molecule has 0 aliphatic rings. The van der Waals surface area contributed by atoms with Gasteiger partial charge in [-0.05, 0) is 18.2 Å². The van der Waals surface area contributed by atoms with E-state index in [1.165, 1.54) is 12.1 Å². The van der Waals surface area contributed by atoms with Gasteiger partial charge in [-0.2, -0.15) is 5.26 Å². The van der Waals surface area contributed by atoms with Crippen molar-refractivity contribution < 1.29 is 9.66 Å². The number of hydrogen-bond acceptors (Lipinski definition) is 6. The summed E-state index contributed by atoms with van der Waals surface area (Å²) in [6.45, 7) is 0.964. The summed E-state index contributed by atoms with van der Waals surface area (Å²) < 4.78 is 5.57. The zero-order valence-corrected chi connectivity index (χ0v) is 12.0. The van der Waals surface area contributed by atoms with Crippen LogP contribution in [0.4, 0.5) is 11.5 Å². The van der Waals surface area contributed by atoms with Crippen LogP contribution in [-0.2, 0) is 0 Å². The minimum atomic E-state index is -0.617. The van der Waals surface area contributed by atoms with Crippen molar-refractivity contribution in [1.82, 2.24) is 4.98 Å². The Bertz CT molecular complexity index is 698. The molecule has 7 nitrogen and oxygen atoms in total. The van der Waals surface area contributed by atoms with Crippen LogP contribution in [0.15, 0.2) is 42.5 Å². The minimum absolute atomic E-state index is 0.196. The minimum Gasteiger partial charge on any atom is -0.492 e. The van der Waals surface area contributed by atoms with Crippen LogP contribution >= 0.6 is 0 Å². The van der Waals surface area contributed by atoms with E-state index < -0.39 is 4.92 Å². The van der Waals surface area contributed by atoms with Gasteiger partial charge >= 0.3 is 5.69 Å². The van der Waals surface area contributed by atoms with Crippen molar-refractivity contribution in [3.63, 3.8) is 0 Å². The topological polar surface area (TPSA) is 92.3 Å². The van der Waals surface area contributed by atoms with Gasteiger partial charge in [0.1, 0.15) is 24.2 Å². The maximum atomic E-state index is 10.8. The number of benzene rings is 1. The highest BCUT2D eigenvalue weighted by Gasteiger charge is 2.16. The summed E-state index contributed by atoms with van der Waals surface area (Å²) in [6, 6.07) is 13.9. The molecule has 0 unspecified atom stereocenters. The number of para-hydroxylation sites is 1. The highest BCUT2D eigenvalue weighted by atomic mass is 16.6. The first-order valence-corrected chi connectivity index (χ1v) is 6.56. The number of hydrogen-bond donors (Lipinski definition) is 0. The lowest BCUT2D eigenvalue weighted by Crippen LogP contribution is -2.24. The molecule has 0 amide bonds. The van der Waals surface area contributed by atoms with Crippen molar-refractivity contribution in [2.24, 2.45) is 0 Å². The molecular weight excluding hydrogens is 284 g/mol. The summed E-state index contributed by atoms with van der Waals surface area (Å²) in [5.74, 6) is 1.25. The largest absolute Gasteiger partial charge is 0.492 e. The lowest BCUT2D eigenvalue weighted by molar-refractivity contribution is -0.385. The van der Waals surface area contributed by atoms with Gasteiger partial charge in [0.05, 0.1) is 11.5 Å². The van der Waals surface area contributed by atoms with Crippen LogP contribution in [-0.4, -0.2) is 30.1 Å². The Kier molecular flexibility index (Phi) is 4.88. The first kappa shape index (κ1) is 15.3. The summed E-state index contributed by atoms with van der Waals surface area (Å²) >= 11 is 0. The summed E-state index contributed by atoms with van der Waals surface area (Å²) in [6.07, 6.45) is 0. The van der Waals surface area contributed by atoms with Gasteiger partial charge in [-0.1, -0.05) is 18.2 Å². The predicted octanol–water partition coefficient (Wildman–Crippen LogP) is 2.38. The fraction of sp³-hybridized carbons (Fsp3) is 0.200. The van der Waals surface area contributed by atoms with Crippen LogP contribution in [0.25, 0.3) is 0 Å². The van der Waals surface area contributed by atoms with E-state index in [0.717, 1.165) is 5.75 Å². The van der Waals surface area contributed by atoms with Gasteiger partial charge in [0, 0.05) is 13.1 Å². The van der Waals surface area contributed by atoms with Crippen molar-refractivity contribution in [3.8, 4) is 11.8 Å². The van der Waals surface area contributed by atoms with Gasteiger partial charge in [0.25, 0.3) is 0 Å². The van der Waals surface area contributed by atoms with Crippen LogP contribution in [0.1, 0.15) is 5.69 Å². The lowest BCUT2D eigenvalue weighted by atomic mass is 10.3.